The molecular weight excluding hydrogens is 204 g/mol. The van der Waals surface area contributed by atoms with E-state index in [9.17, 15) is 8.42 Å². The molecule has 0 aliphatic carbocycles. The highest BCUT2D eigenvalue weighted by Crippen LogP contribution is 2.12. The Bertz CT molecular complexity index is 397. The van der Waals surface area contributed by atoms with E-state index in [1.54, 1.807) is 24.3 Å². The number of aromatic hydroxyl groups is 1. The van der Waals surface area contributed by atoms with E-state index in [1.165, 1.54) is 0 Å². The molecule has 1 aromatic rings. The number of benzene rings is 1. The molecule has 0 amide bonds. The van der Waals surface area contributed by atoms with E-state index in [0.717, 1.165) is 5.56 Å². The summed E-state index contributed by atoms with van der Waals surface area (Å²) in [5, 5.41) is 9.10. The molecule has 78 valence electrons. The Morgan fingerprint density at radius 3 is 2.57 bits per heavy atom. The molecule has 4 nitrogen and oxygen atoms in total. The average Bonchev–Trinajstić information content (AvgIpc) is 2.01. The first-order chi connectivity index (χ1) is 6.47. The maximum absolute atomic E-state index is 10.4. The van der Waals surface area contributed by atoms with Crippen molar-refractivity contribution in [1.29, 1.82) is 0 Å². The standard InChI is InChI=1S/C9H12O4S/c10-9-5-1-3-8(7-9)4-2-6-14(11,12)13/h1,3,5,7,10H,2,4,6H2,(H,11,12,13). The van der Waals surface area contributed by atoms with Crippen LogP contribution >= 0.6 is 0 Å². The van der Waals surface area contributed by atoms with Gasteiger partial charge in [-0.2, -0.15) is 8.42 Å². The van der Waals surface area contributed by atoms with E-state index in [0.29, 0.717) is 12.8 Å². The molecule has 0 fully saturated rings. The lowest BCUT2D eigenvalue weighted by molar-refractivity contribution is 0.474. The largest absolute Gasteiger partial charge is 0.508 e. The highest BCUT2D eigenvalue weighted by Gasteiger charge is 2.04. The van der Waals surface area contributed by atoms with Crippen LogP contribution in [0.5, 0.6) is 5.75 Å². The number of rotatable bonds is 4. The van der Waals surface area contributed by atoms with Crippen molar-refractivity contribution >= 4 is 10.1 Å². The van der Waals surface area contributed by atoms with Gasteiger partial charge in [-0.05, 0) is 30.5 Å². The molecule has 0 radical (unpaired) electrons. The molecule has 0 saturated carbocycles. The van der Waals surface area contributed by atoms with Crippen LogP contribution in [0.4, 0.5) is 0 Å². The third-order valence-electron chi connectivity index (χ3n) is 1.78. The van der Waals surface area contributed by atoms with E-state index >= 15 is 0 Å². The van der Waals surface area contributed by atoms with Crippen LogP contribution in [0.1, 0.15) is 12.0 Å². The van der Waals surface area contributed by atoms with Crippen molar-refractivity contribution in [2.24, 2.45) is 0 Å². The minimum atomic E-state index is -3.87. The van der Waals surface area contributed by atoms with Crippen LogP contribution in [0, 0.1) is 0 Å². The van der Waals surface area contributed by atoms with Crippen molar-refractivity contribution in [3.05, 3.63) is 29.8 Å². The molecule has 0 atom stereocenters. The molecule has 0 heterocycles. The Hall–Kier alpha value is -1.07. The van der Waals surface area contributed by atoms with Gasteiger partial charge in [0.05, 0.1) is 5.75 Å². The predicted molar refractivity (Wildman–Crippen MR) is 52.8 cm³/mol. The monoisotopic (exact) mass is 216 g/mol. The predicted octanol–water partition coefficient (Wildman–Crippen LogP) is 1.21. The first-order valence-electron chi connectivity index (χ1n) is 4.20. The van der Waals surface area contributed by atoms with E-state index < -0.39 is 10.1 Å². The van der Waals surface area contributed by atoms with Crippen LogP contribution in [-0.2, 0) is 16.5 Å². The van der Waals surface area contributed by atoms with Gasteiger partial charge in [-0.25, -0.2) is 0 Å². The smallest absolute Gasteiger partial charge is 0.264 e. The quantitative estimate of drug-likeness (QED) is 0.742. The van der Waals surface area contributed by atoms with Crippen molar-refractivity contribution in [1.82, 2.24) is 0 Å². The maximum Gasteiger partial charge on any atom is 0.264 e. The second kappa shape index (κ2) is 4.43. The second-order valence-electron chi connectivity index (χ2n) is 3.06. The van der Waals surface area contributed by atoms with E-state index in [-0.39, 0.29) is 11.5 Å². The summed E-state index contributed by atoms with van der Waals surface area (Å²) in [6.45, 7) is 0. The van der Waals surface area contributed by atoms with E-state index in [4.69, 9.17) is 9.66 Å². The Morgan fingerprint density at radius 1 is 1.29 bits per heavy atom. The molecule has 0 aromatic heterocycles. The zero-order chi connectivity index (χ0) is 10.6. The topological polar surface area (TPSA) is 74.6 Å². The van der Waals surface area contributed by atoms with Crippen LogP contribution in [0.25, 0.3) is 0 Å². The highest BCUT2D eigenvalue weighted by molar-refractivity contribution is 7.85. The molecule has 5 heteroatoms. The van der Waals surface area contributed by atoms with Crippen LogP contribution in [0.3, 0.4) is 0 Å². The average molecular weight is 216 g/mol. The van der Waals surface area contributed by atoms with Crippen LogP contribution in [0.2, 0.25) is 0 Å². The van der Waals surface area contributed by atoms with Crippen LogP contribution < -0.4 is 0 Å². The molecule has 0 saturated heterocycles. The summed E-state index contributed by atoms with van der Waals surface area (Å²) >= 11 is 0. The Kier molecular flexibility index (Phi) is 3.49. The lowest BCUT2D eigenvalue weighted by Crippen LogP contribution is -2.04. The molecular formula is C9H12O4S. The van der Waals surface area contributed by atoms with Crippen molar-refractivity contribution in [2.75, 3.05) is 5.75 Å². The Morgan fingerprint density at radius 2 is 2.00 bits per heavy atom. The molecule has 1 aromatic carbocycles. The molecule has 2 N–H and O–H groups in total. The summed E-state index contributed by atoms with van der Waals surface area (Å²) in [5.41, 5.74) is 0.855. The summed E-state index contributed by atoms with van der Waals surface area (Å²) in [5.74, 6) is -0.0859. The normalized spacial score (nSPS) is 11.5. The SMILES string of the molecule is O=S(=O)(O)CCCc1cccc(O)c1. The van der Waals surface area contributed by atoms with Crippen LogP contribution in [-0.4, -0.2) is 23.8 Å². The Balaban J connectivity index is 2.47. The number of aryl methyl sites for hydroxylation is 1. The van der Waals surface area contributed by atoms with Crippen molar-refractivity contribution in [3.63, 3.8) is 0 Å². The molecule has 0 unspecified atom stereocenters. The lowest BCUT2D eigenvalue weighted by Gasteiger charge is -2.00. The van der Waals surface area contributed by atoms with Crippen molar-refractivity contribution < 1.29 is 18.1 Å². The first kappa shape index (κ1) is 11.0. The van der Waals surface area contributed by atoms with Gasteiger partial charge in [0.1, 0.15) is 5.75 Å². The zero-order valence-corrected chi connectivity index (χ0v) is 8.37. The van der Waals surface area contributed by atoms with Gasteiger partial charge >= 0.3 is 0 Å². The van der Waals surface area contributed by atoms with Crippen molar-refractivity contribution in [2.45, 2.75) is 12.8 Å². The minimum absolute atomic E-state index is 0.161. The van der Waals surface area contributed by atoms with Gasteiger partial charge in [-0.3, -0.25) is 4.55 Å². The minimum Gasteiger partial charge on any atom is -0.508 e. The first-order valence-corrected chi connectivity index (χ1v) is 5.81. The van der Waals surface area contributed by atoms with Crippen LogP contribution in [0.15, 0.2) is 24.3 Å². The van der Waals surface area contributed by atoms with Gasteiger partial charge < -0.3 is 5.11 Å². The number of phenolic OH excluding ortho intramolecular Hbond substituents is 1. The summed E-state index contributed by atoms with van der Waals surface area (Å²) in [7, 11) is -3.87. The van der Waals surface area contributed by atoms with Crippen molar-refractivity contribution in [3.8, 4) is 5.75 Å². The fraction of sp³-hybridized carbons (Fsp3) is 0.333. The molecule has 0 spiro atoms. The summed E-state index contributed by atoms with van der Waals surface area (Å²) in [4.78, 5) is 0. The molecule has 14 heavy (non-hydrogen) atoms. The van der Waals surface area contributed by atoms with Gasteiger partial charge in [-0.15, -0.1) is 0 Å². The number of hydrogen-bond donors (Lipinski definition) is 2. The molecule has 0 aliphatic heterocycles. The lowest BCUT2D eigenvalue weighted by atomic mass is 10.1. The zero-order valence-electron chi connectivity index (χ0n) is 7.55. The number of phenols is 1. The highest BCUT2D eigenvalue weighted by atomic mass is 32.2. The molecule has 1 rings (SSSR count). The van der Waals surface area contributed by atoms with Gasteiger partial charge in [0, 0.05) is 0 Å². The van der Waals surface area contributed by atoms with Gasteiger partial charge in [0.2, 0.25) is 0 Å². The van der Waals surface area contributed by atoms with E-state index in [1.807, 2.05) is 0 Å². The molecule has 0 bridgehead atoms. The van der Waals surface area contributed by atoms with Gasteiger partial charge in [-0.1, -0.05) is 12.1 Å². The third-order valence-corrected chi connectivity index (χ3v) is 2.58. The van der Waals surface area contributed by atoms with E-state index in [2.05, 4.69) is 0 Å². The maximum atomic E-state index is 10.4. The Labute approximate surface area is 82.9 Å². The fourth-order valence-corrected chi connectivity index (χ4v) is 1.68. The number of hydrogen-bond acceptors (Lipinski definition) is 3. The van der Waals surface area contributed by atoms with Gasteiger partial charge in [0.15, 0.2) is 0 Å². The molecule has 0 aliphatic rings. The third kappa shape index (κ3) is 4.25. The summed E-state index contributed by atoms with van der Waals surface area (Å²) < 4.78 is 29.3. The summed E-state index contributed by atoms with van der Waals surface area (Å²) in [6.07, 6.45) is 0.872. The fourth-order valence-electron chi connectivity index (χ4n) is 1.17. The second-order valence-corrected chi connectivity index (χ2v) is 4.63. The summed E-state index contributed by atoms with van der Waals surface area (Å²) in [6, 6.07) is 6.61. The van der Waals surface area contributed by atoms with Gasteiger partial charge in [0.25, 0.3) is 10.1 Å².